The maximum atomic E-state index is 13.1. The molecule has 0 aliphatic heterocycles. The van der Waals surface area contributed by atoms with Gasteiger partial charge in [0.15, 0.2) is 0 Å². The molecule has 28 heavy (non-hydrogen) atoms. The number of methoxy groups -OCH3 is 1. The van der Waals surface area contributed by atoms with Crippen molar-refractivity contribution in [2.45, 2.75) is 31.2 Å². The Morgan fingerprint density at radius 3 is 2.50 bits per heavy atom. The maximum absolute atomic E-state index is 13.1. The number of nitrogens with zero attached hydrogens (tertiary/aromatic N) is 1. The van der Waals surface area contributed by atoms with Crippen molar-refractivity contribution in [2.24, 2.45) is 0 Å². The van der Waals surface area contributed by atoms with Gasteiger partial charge in [-0.3, -0.25) is 9.10 Å². The maximum Gasteiger partial charge on any atom is 0.248 e. The first-order valence-electron chi connectivity index (χ1n) is 8.98. The summed E-state index contributed by atoms with van der Waals surface area (Å²) in [5.41, 5.74) is 1.07. The fourth-order valence-electron chi connectivity index (χ4n) is 2.88. The second kappa shape index (κ2) is 9.84. The van der Waals surface area contributed by atoms with Gasteiger partial charge in [0, 0.05) is 11.0 Å². The van der Waals surface area contributed by atoms with Gasteiger partial charge in [-0.25, -0.2) is 8.42 Å². The molecule has 8 heteroatoms. The molecule has 2 aromatic rings. The highest BCUT2D eigenvalue weighted by molar-refractivity contribution is 7.99. The molecule has 0 aliphatic rings. The molecule has 152 valence electrons. The normalized spacial score (nSPS) is 12.3. The van der Waals surface area contributed by atoms with Crippen molar-refractivity contribution in [3.8, 4) is 5.75 Å². The quantitative estimate of drug-likeness (QED) is 0.619. The fraction of sp³-hybridized carbons (Fsp3) is 0.350. The van der Waals surface area contributed by atoms with E-state index in [2.05, 4.69) is 5.32 Å². The average molecular weight is 423 g/mol. The van der Waals surface area contributed by atoms with Crippen molar-refractivity contribution in [3.63, 3.8) is 0 Å². The van der Waals surface area contributed by atoms with E-state index in [4.69, 9.17) is 4.74 Å². The zero-order valence-electron chi connectivity index (χ0n) is 16.5. The summed E-state index contributed by atoms with van der Waals surface area (Å²) in [5, 5.41) is 2.90. The number of carbonyl (C=O) groups is 1. The van der Waals surface area contributed by atoms with Crippen LogP contribution in [0.5, 0.6) is 5.75 Å². The Morgan fingerprint density at radius 1 is 1.18 bits per heavy atom. The van der Waals surface area contributed by atoms with Crippen molar-refractivity contribution in [1.82, 2.24) is 0 Å². The molecule has 6 nitrogen and oxygen atoms in total. The van der Waals surface area contributed by atoms with Crippen molar-refractivity contribution < 1.29 is 17.9 Å². The minimum Gasteiger partial charge on any atom is -0.497 e. The molecule has 0 spiro atoms. The summed E-state index contributed by atoms with van der Waals surface area (Å²) < 4.78 is 31.5. The first-order chi connectivity index (χ1) is 13.3. The summed E-state index contributed by atoms with van der Waals surface area (Å²) >= 11 is 1.62. The molecule has 0 saturated carbocycles. The molecule has 0 aliphatic carbocycles. The highest BCUT2D eigenvalue weighted by atomic mass is 32.2. The third kappa shape index (κ3) is 5.42. The Balaban J connectivity index is 2.40. The third-order valence-electron chi connectivity index (χ3n) is 4.08. The number of thioether (sulfide) groups is 1. The number of sulfonamides is 1. The van der Waals surface area contributed by atoms with Crippen LogP contribution in [-0.2, 0) is 14.8 Å². The van der Waals surface area contributed by atoms with Crippen LogP contribution in [-0.4, -0.2) is 39.5 Å². The van der Waals surface area contributed by atoms with Crippen LogP contribution < -0.4 is 14.4 Å². The SMILES string of the molecule is CCSc1ccccc1NC(=O)[C@H](CC)N(c1cccc(OC)c1)S(C)(=O)=O. The molecule has 0 heterocycles. The Kier molecular flexibility index (Phi) is 7.77. The standard InChI is InChI=1S/C20H26N2O4S2/c1-5-18(20(23)21-17-12-7-8-13-19(17)27-6-2)22(28(4,24)25)15-10-9-11-16(14-15)26-3/h7-14,18H,5-6H2,1-4H3,(H,21,23)/t18-/m0/s1. The van der Waals surface area contributed by atoms with Crippen molar-refractivity contribution >= 4 is 39.1 Å². The summed E-state index contributed by atoms with van der Waals surface area (Å²) in [6.07, 6.45) is 1.42. The van der Waals surface area contributed by atoms with E-state index in [1.54, 1.807) is 43.0 Å². The minimum atomic E-state index is -3.70. The molecule has 1 amide bonds. The monoisotopic (exact) mass is 422 g/mol. The van der Waals surface area contributed by atoms with Gasteiger partial charge in [0.2, 0.25) is 15.9 Å². The molecule has 1 N–H and O–H groups in total. The summed E-state index contributed by atoms with van der Waals surface area (Å²) in [5.74, 6) is 1.01. The second-order valence-corrected chi connectivity index (χ2v) is 9.27. The van der Waals surface area contributed by atoms with E-state index < -0.39 is 16.1 Å². The van der Waals surface area contributed by atoms with Gasteiger partial charge in [0.1, 0.15) is 11.8 Å². The van der Waals surface area contributed by atoms with Gasteiger partial charge >= 0.3 is 0 Å². The number of para-hydroxylation sites is 1. The van der Waals surface area contributed by atoms with E-state index in [0.29, 0.717) is 23.5 Å². The molecule has 2 aromatic carbocycles. The highest BCUT2D eigenvalue weighted by Crippen LogP contribution is 2.29. The summed E-state index contributed by atoms with van der Waals surface area (Å²) in [7, 11) is -2.19. The van der Waals surface area contributed by atoms with Gasteiger partial charge in [-0.15, -0.1) is 11.8 Å². The number of hydrogen-bond donors (Lipinski definition) is 1. The van der Waals surface area contributed by atoms with Gasteiger partial charge in [-0.2, -0.15) is 0 Å². The lowest BCUT2D eigenvalue weighted by atomic mass is 10.1. The van der Waals surface area contributed by atoms with Crippen LogP contribution in [0.2, 0.25) is 0 Å². The van der Waals surface area contributed by atoms with Crippen LogP contribution in [0.1, 0.15) is 20.3 Å². The van der Waals surface area contributed by atoms with E-state index in [9.17, 15) is 13.2 Å². The highest BCUT2D eigenvalue weighted by Gasteiger charge is 2.32. The largest absolute Gasteiger partial charge is 0.497 e. The number of amides is 1. The van der Waals surface area contributed by atoms with Crippen LogP contribution in [0.4, 0.5) is 11.4 Å². The van der Waals surface area contributed by atoms with E-state index >= 15 is 0 Å². The Hall–Kier alpha value is -2.19. The number of rotatable bonds is 9. The zero-order valence-corrected chi connectivity index (χ0v) is 18.1. The molecule has 1 atom stereocenters. The summed E-state index contributed by atoms with van der Waals surface area (Å²) in [6.45, 7) is 3.82. The van der Waals surface area contributed by atoms with Gasteiger partial charge in [-0.05, 0) is 36.4 Å². The second-order valence-electron chi connectivity index (χ2n) is 6.10. The summed E-state index contributed by atoms with van der Waals surface area (Å²) in [6, 6.07) is 13.3. The zero-order chi connectivity index (χ0) is 20.7. The van der Waals surface area contributed by atoms with E-state index in [-0.39, 0.29) is 5.91 Å². The molecular formula is C20H26N2O4S2. The van der Waals surface area contributed by atoms with E-state index in [0.717, 1.165) is 21.2 Å². The smallest absolute Gasteiger partial charge is 0.248 e. The van der Waals surface area contributed by atoms with E-state index in [1.165, 1.54) is 7.11 Å². The molecule has 2 rings (SSSR count). The number of hydrogen-bond acceptors (Lipinski definition) is 5. The Labute approximate surface area is 171 Å². The lowest BCUT2D eigenvalue weighted by molar-refractivity contribution is -0.117. The minimum absolute atomic E-state index is 0.319. The molecule has 0 bridgehead atoms. The molecule has 0 radical (unpaired) electrons. The molecule has 0 saturated heterocycles. The van der Waals surface area contributed by atoms with Crippen molar-refractivity contribution in [1.29, 1.82) is 0 Å². The van der Waals surface area contributed by atoms with Gasteiger partial charge in [-0.1, -0.05) is 32.0 Å². The predicted octanol–water partition coefficient (Wildman–Crippen LogP) is 3.99. The first kappa shape index (κ1) is 22.1. The predicted molar refractivity (Wildman–Crippen MR) is 116 cm³/mol. The topological polar surface area (TPSA) is 75.7 Å². The van der Waals surface area contributed by atoms with Crippen molar-refractivity contribution in [2.75, 3.05) is 28.7 Å². The van der Waals surface area contributed by atoms with Gasteiger partial charge in [0.05, 0.1) is 24.7 Å². The van der Waals surface area contributed by atoms with Gasteiger partial charge < -0.3 is 10.1 Å². The molecular weight excluding hydrogens is 396 g/mol. The number of benzene rings is 2. The van der Waals surface area contributed by atoms with Crippen LogP contribution in [0.15, 0.2) is 53.4 Å². The molecule has 0 aromatic heterocycles. The molecule has 0 unspecified atom stereocenters. The lowest BCUT2D eigenvalue weighted by Gasteiger charge is -2.30. The fourth-order valence-corrected chi connectivity index (χ4v) is 4.84. The van der Waals surface area contributed by atoms with Gasteiger partial charge in [0.25, 0.3) is 0 Å². The number of anilines is 2. The van der Waals surface area contributed by atoms with E-state index in [1.807, 2.05) is 31.2 Å². The average Bonchev–Trinajstić information content (AvgIpc) is 2.66. The molecule has 0 fully saturated rings. The van der Waals surface area contributed by atoms with Crippen LogP contribution in [0.25, 0.3) is 0 Å². The first-order valence-corrected chi connectivity index (χ1v) is 11.8. The van der Waals surface area contributed by atoms with Crippen molar-refractivity contribution in [3.05, 3.63) is 48.5 Å². The van der Waals surface area contributed by atoms with Crippen LogP contribution in [0.3, 0.4) is 0 Å². The third-order valence-corrected chi connectivity index (χ3v) is 6.22. The van der Waals surface area contributed by atoms with Crippen LogP contribution in [0, 0.1) is 0 Å². The number of nitrogens with one attached hydrogen (secondary N) is 1. The number of carbonyl (C=O) groups excluding carboxylic acids is 1. The lowest BCUT2D eigenvalue weighted by Crippen LogP contribution is -2.47. The Bertz CT molecular complexity index is 916. The summed E-state index contributed by atoms with van der Waals surface area (Å²) in [4.78, 5) is 14.0. The van der Waals surface area contributed by atoms with Crippen LogP contribution >= 0.6 is 11.8 Å². The number of ether oxygens (including phenoxy) is 1. The Morgan fingerprint density at radius 2 is 1.89 bits per heavy atom.